The summed E-state index contributed by atoms with van der Waals surface area (Å²) < 4.78 is 0. The highest BCUT2D eigenvalue weighted by molar-refractivity contribution is 5.92. The normalized spacial score (nSPS) is 14.6. The van der Waals surface area contributed by atoms with E-state index in [-0.39, 0.29) is 0 Å². The number of nitrogens with two attached hydrogens (primary N) is 1. The predicted molar refractivity (Wildman–Crippen MR) is 83.0 cm³/mol. The summed E-state index contributed by atoms with van der Waals surface area (Å²) in [7, 11) is 0. The summed E-state index contributed by atoms with van der Waals surface area (Å²) >= 11 is 0. The number of oxime groups is 2. The molecule has 0 aliphatic heterocycles. The first-order valence-electron chi connectivity index (χ1n) is 6.96. The highest BCUT2D eigenvalue weighted by Gasteiger charge is 2.25. The van der Waals surface area contributed by atoms with Crippen molar-refractivity contribution in [1.82, 2.24) is 10.8 Å². The van der Waals surface area contributed by atoms with Gasteiger partial charge in [-0.1, -0.05) is 10.3 Å². The number of hydrogen-bond donors (Lipinski definition) is 5. The molecule has 0 fully saturated rings. The molecule has 8 heteroatoms. The number of hydrogen-bond acceptors (Lipinski definition) is 8. The predicted octanol–water partition coefficient (Wildman–Crippen LogP) is 0.684. The summed E-state index contributed by atoms with van der Waals surface area (Å²) in [5, 5.41) is 27.4. The molecule has 0 aromatic heterocycles. The van der Waals surface area contributed by atoms with Crippen molar-refractivity contribution in [2.24, 2.45) is 16.0 Å². The molecule has 0 aromatic rings. The smallest absolute Gasteiger partial charge is 0.0807 e. The van der Waals surface area contributed by atoms with Crippen molar-refractivity contribution in [3.05, 3.63) is 0 Å². The van der Waals surface area contributed by atoms with Crippen LogP contribution in [0.4, 0.5) is 0 Å². The minimum Gasteiger partial charge on any atom is -0.411 e. The summed E-state index contributed by atoms with van der Waals surface area (Å²) in [6.07, 6.45) is 0.523. The first kappa shape index (κ1) is 19.8. The molecule has 6 N–H and O–H groups in total. The topological polar surface area (TPSA) is 124 Å². The highest BCUT2D eigenvalue weighted by Crippen LogP contribution is 2.08. The third kappa shape index (κ3) is 6.85. The van der Waals surface area contributed by atoms with E-state index in [1.807, 2.05) is 27.7 Å². The second kappa shape index (κ2) is 8.93. The zero-order valence-corrected chi connectivity index (χ0v) is 13.6. The van der Waals surface area contributed by atoms with Crippen LogP contribution in [-0.4, -0.2) is 52.6 Å². The fourth-order valence-electron chi connectivity index (χ4n) is 1.57. The van der Waals surface area contributed by atoms with E-state index in [0.29, 0.717) is 37.5 Å². The van der Waals surface area contributed by atoms with Crippen LogP contribution in [0, 0.1) is 0 Å². The average molecular weight is 303 g/mol. The molecule has 0 atom stereocenters. The first-order valence-corrected chi connectivity index (χ1v) is 6.96. The van der Waals surface area contributed by atoms with Crippen LogP contribution in [0.5, 0.6) is 0 Å². The molecule has 0 aromatic carbocycles. The second-order valence-electron chi connectivity index (χ2n) is 5.90. The van der Waals surface area contributed by atoms with Gasteiger partial charge in [-0.15, -0.1) is 0 Å². The molecule has 0 aliphatic rings. The standard InChI is InChI=1S/C13H29N5O3/c1-10(16-19)12(2,3)18-21-9-8-15-13(4,5)11(17-20)6-7-14/h15,18-20H,6-9,14H2,1-5H3/b16-10-,17-11-. The van der Waals surface area contributed by atoms with Crippen LogP contribution in [-0.2, 0) is 4.84 Å². The SMILES string of the molecule is C/C(=N/O)C(C)(C)NOCCNC(C)(C)/C(CCN)=N\O. The third-order valence-corrected chi connectivity index (χ3v) is 3.38. The van der Waals surface area contributed by atoms with E-state index < -0.39 is 11.1 Å². The quantitative estimate of drug-likeness (QED) is 0.175. The maximum absolute atomic E-state index is 9.00. The van der Waals surface area contributed by atoms with Crippen LogP contribution in [0.1, 0.15) is 41.0 Å². The lowest BCUT2D eigenvalue weighted by Gasteiger charge is -2.28. The van der Waals surface area contributed by atoms with Gasteiger partial charge in [0.15, 0.2) is 0 Å². The molecule has 0 spiro atoms. The Labute approximate surface area is 126 Å². The summed E-state index contributed by atoms with van der Waals surface area (Å²) in [4.78, 5) is 5.36. The number of hydroxylamine groups is 1. The van der Waals surface area contributed by atoms with E-state index >= 15 is 0 Å². The number of nitrogens with one attached hydrogen (secondary N) is 2. The maximum atomic E-state index is 9.00. The molecule has 0 aliphatic carbocycles. The first-order chi connectivity index (χ1) is 9.71. The van der Waals surface area contributed by atoms with Gasteiger partial charge in [-0.05, 0) is 41.2 Å². The number of nitrogens with zero attached hydrogens (tertiary/aromatic N) is 2. The Bertz CT molecular complexity index is 367. The van der Waals surface area contributed by atoms with Crippen molar-refractivity contribution >= 4 is 11.4 Å². The molecular weight excluding hydrogens is 274 g/mol. The van der Waals surface area contributed by atoms with Crippen LogP contribution >= 0.6 is 0 Å². The van der Waals surface area contributed by atoms with Crippen LogP contribution in [0.25, 0.3) is 0 Å². The van der Waals surface area contributed by atoms with E-state index in [0.717, 1.165) is 0 Å². The van der Waals surface area contributed by atoms with Gasteiger partial charge in [0.1, 0.15) is 0 Å². The van der Waals surface area contributed by atoms with Crippen molar-refractivity contribution in [1.29, 1.82) is 0 Å². The Kier molecular flexibility index (Phi) is 8.41. The maximum Gasteiger partial charge on any atom is 0.0807 e. The van der Waals surface area contributed by atoms with E-state index in [1.54, 1.807) is 6.92 Å². The monoisotopic (exact) mass is 303 g/mol. The lowest BCUT2D eigenvalue weighted by molar-refractivity contribution is 0.00864. The van der Waals surface area contributed by atoms with E-state index in [4.69, 9.17) is 21.0 Å². The van der Waals surface area contributed by atoms with Crippen LogP contribution in [0.2, 0.25) is 0 Å². The Morgan fingerprint density at radius 2 is 1.76 bits per heavy atom. The molecule has 124 valence electrons. The summed E-state index contributed by atoms with van der Waals surface area (Å²) in [6, 6.07) is 0. The van der Waals surface area contributed by atoms with E-state index in [9.17, 15) is 0 Å². The Morgan fingerprint density at radius 3 is 2.24 bits per heavy atom. The Hall–Kier alpha value is -1.22. The van der Waals surface area contributed by atoms with Gasteiger partial charge in [0.2, 0.25) is 0 Å². The molecule has 0 heterocycles. The minimum absolute atomic E-state index is 0.396. The van der Waals surface area contributed by atoms with Crippen molar-refractivity contribution in [3.63, 3.8) is 0 Å². The van der Waals surface area contributed by atoms with E-state index in [1.165, 1.54) is 0 Å². The lowest BCUT2D eigenvalue weighted by Crippen LogP contribution is -2.50. The second-order valence-corrected chi connectivity index (χ2v) is 5.90. The molecule has 0 amide bonds. The largest absolute Gasteiger partial charge is 0.411 e. The molecule has 0 saturated heterocycles. The van der Waals surface area contributed by atoms with Crippen molar-refractivity contribution < 1.29 is 15.3 Å². The van der Waals surface area contributed by atoms with Crippen molar-refractivity contribution in [3.8, 4) is 0 Å². The molecule has 0 saturated carbocycles. The van der Waals surface area contributed by atoms with Gasteiger partial charge in [-0.2, -0.15) is 5.48 Å². The molecule has 8 nitrogen and oxygen atoms in total. The summed E-state index contributed by atoms with van der Waals surface area (Å²) in [5.74, 6) is 0. The minimum atomic E-state index is -0.554. The third-order valence-electron chi connectivity index (χ3n) is 3.38. The number of rotatable bonds is 10. The van der Waals surface area contributed by atoms with Crippen molar-refractivity contribution in [2.45, 2.75) is 52.1 Å². The fraction of sp³-hybridized carbons (Fsp3) is 0.846. The van der Waals surface area contributed by atoms with Gasteiger partial charge in [-0.25, -0.2) is 0 Å². The van der Waals surface area contributed by atoms with Crippen LogP contribution in [0.15, 0.2) is 10.3 Å². The zero-order chi connectivity index (χ0) is 16.5. The molecule has 0 radical (unpaired) electrons. The Balaban J connectivity index is 4.16. The van der Waals surface area contributed by atoms with E-state index in [2.05, 4.69) is 21.1 Å². The van der Waals surface area contributed by atoms with Crippen molar-refractivity contribution in [2.75, 3.05) is 19.7 Å². The average Bonchev–Trinajstić information content (AvgIpc) is 2.42. The van der Waals surface area contributed by atoms with Crippen LogP contribution < -0.4 is 16.5 Å². The molecule has 21 heavy (non-hydrogen) atoms. The van der Waals surface area contributed by atoms with Gasteiger partial charge in [0, 0.05) is 13.0 Å². The van der Waals surface area contributed by atoms with Gasteiger partial charge in [-0.3, -0.25) is 4.84 Å². The summed E-state index contributed by atoms with van der Waals surface area (Å²) in [6.45, 7) is 10.6. The van der Waals surface area contributed by atoms with Gasteiger partial charge in [0.25, 0.3) is 0 Å². The molecule has 0 unspecified atom stereocenters. The van der Waals surface area contributed by atoms with Gasteiger partial charge >= 0.3 is 0 Å². The molecule has 0 rings (SSSR count). The molecular formula is C13H29N5O3. The Morgan fingerprint density at radius 1 is 1.14 bits per heavy atom. The molecule has 0 bridgehead atoms. The zero-order valence-electron chi connectivity index (χ0n) is 13.6. The summed E-state index contributed by atoms with van der Waals surface area (Å²) in [5.41, 5.74) is 8.42. The van der Waals surface area contributed by atoms with Gasteiger partial charge in [0.05, 0.1) is 29.1 Å². The fourth-order valence-corrected chi connectivity index (χ4v) is 1.57. The highest BCUT2D eigenvalue weighted by atomic mass is 16.6. The van der Waals surface area contributed by atoms with Gasteiger partial charge < -0.3 is 21.5 Å². The lowest BCUT2D eigenvalue weighted by atomic mass is 9.95. The van der Waals surface area contributed by atoms with Crippen LogP contribution in [0.3, 0.4) is 0 Å².